The minimum Gasteiger partial charge on any atom is -0.258 e. The molecule has 0 saturated heterocycles. The molecule has 13 heavy (non-hydrogen) atoms. The van der Waals surface area contributed by atoms with Crippen LogP contribution in [0, 0.1) is 30.9 Å². The Morgan fingerprint density at radius 3 is 2.23 bits per heavy atom. The Morgan fingerprint density at radius 1 is 1.23 bits per heavy atom. The third-order valence-corrected chi connectivity index (χ3v) is 3.15. The lowest BCUT2D eigenvalue weighted by molar-refractivity contribution is -0.385. The lowest BCUT2D eigenvalue weighted by Gasteiger charge is -2.06. The fourth-order valence-electron chi connectivity index (χ4n) is 1.18. The van der Waals surface area contributed by atoms with Gasteiger partial charge in [0, 0.05) is 16.1 Å². The van der Waals surface area contributed by atoms with E-state index in [9.17, 15) is 10.1 Å². The summed E-state index contributed by atoms with van der Waals surface area (Å²) in [7, 11) is 0. The summed E-state index contributed by atoms with van der Waals surface area (Å²) in [6.07, 6.45) is 0. The molecule has 0 aliphatic heterocycles. The quantitative estimate of drug-likeness (QED) is 0.562. The van der Waals surface area contributed by atoms with Crippen molar-refractivity contribution < 1.29 is 4.92 Å². The highest BCUT2D eigenvalue weighted by atomic mass is 79.9. The normalized spacial score (nSPS) is 10.2. The highest BCUT2D eigenvalue weighted by molar-refractivity contribution is 9.10. The minimum atomic E-state index is -0.355. The average molecular weight is 244 g/mol. The SMILES string of the molecule is Cc1c(Br)cc([N+](=O)[O-])c(C)c1C. The summed E-state index contributed by atoms with van der Waals surface area (Å²) in [5, 5.41) is 10.6. The standard InChI is InChI=1S/C9H10BrNO2/c1-5-6(2)8(10)4-9(7(5)3)11(12)13/h4H,1-3H3. The van der Waals surface area contributed by atoms with Crippen LogP contribution in [0.25, 0.3) is 0 Å². The van der Waals surface area contributed by atoms with Crippen LogP contribution in [-0.4, -0.2) is 4.92 Å². The monoisotopic (exact) mass is 243 g/mol. The van der Waals surface area contributed by atoms with Crippen molar-refractivity contribution >= 4 is 21.6 Å². The largest absolute Gasteiger partial charge is 0.273 e. The van der Waals surface area contributed by atoms with E-state index >= 15 is 0 Å². The van der Waals surface area contributed by atoms with E-state index in [1.54, 1.807) is 13.0 Å². The zero-order valence-electron chi connectivity index (χ0n) is 7.72. The van der Waals surface area contributed by atoms with Crippen LogP contribution in [-0.2, 0) is 0 Å². The van der Waals surface area contributed by atoms with Crippen LogP contribution in [0.3, 0.4) is 0 Å². The summed E-state index contributed by atoms with van der Waals surface area (Å²) in [6.45, 7) is 5.60. The molecule has 0 spiro atoms. The molecule has 4 heteroatoms. The molecule has 0 radical (unpaired) electrons. The molecule has 0 aliphatic carbocycles. The van der Waals surface area contributed by atoms with Gasteiger partial charge in [-0.05, 0) is 31.9 Å². The summed E-state index contributed by atoms with van der Waals surface area (Å²) in [6, 6.07) is 1.55. The summed E-state index contributed by atoms with van der Waals surface area (Å²) in [5.74, 6) is 0. The van der Waals surface area contributed by atoms with Crippen molar-refractivity contribution in [1.82, 2.24) is 0 Å². The smallest absolute Gasteiger partial charge is 0.258 e. The van der Waals surface area contributed by atoms with Crippen molar-refractivity contribution in [3.8, 4) is 0 Å². The summed E-state index contributed by atoms with van der Waals surface area (Å²) >= 11 is 3.29. The van der Waals surface area contributed by atoms with Crippen LogP contribution in [0.5, 0.6) is 0 Å². The van der Waals surface area contributed by atoms with Gasteiger partial charge in [0.25, 0.3) is 5.69 Å². The fourth-order valence-corrected chi connectivity index (χ4v) is 1.69. The molecule has 0 heterocycles. The molecule has 1 aromatic rings. The lowest BCUT2D eigenvalue weighted by Crippen LogP contribution is -1.96. The zero-order chi connectivity index (χ0) is 10.2. The summed E-state index contributed by atoms with van der Waals surface area (Å²) in [5.41, 5.74) is 2.95. The Morgan fingerprint density at radius 2 is 1.77 bits per heavy atom. The van der Waals surface area contributed by atoms with Gasteiger partial charge in [-0.2, -0.15) is 0 Å². The number of nitro benzene ring substituents is 1. The first-order chi connectivity index (χ1) is 5.95. The molecule has 0 N–H and O–H groups in total. The molecule has 70 valence electrons. The number of halogens is 1. The van der Waals surface area contributed by atoms with Gasteiger partial charge < -0.3 is 0 Å². The Balaban J connectivity index is 3.50. The molecule has 3 nitrogen and oxygen atoms in total. The second-order valence-corrected chi connectivity index (χ2v) is 3.86. The number of rotatable bonds is 1. The van der Waals surface area contributed by atoms with Crippen molar-refractivity contribution in [2.24, 2.45) is 0 Å². The van der Waals surface area contributed by atoms with E-state index in [4.69, 9.17) is 0 Å². The number of nitrogens with zero attached hydrogens (tertiary/aromatic N) is 1. The van der Waals surface area contributed by atoms with E-state index in [1.807, 2.05) is 13.8 Å². The molecule has 0 bridgehead atoms. The lowest BCUT2D eigenvalue weighted by atomic mass is 10.0. The number of hydrogen-bond donors (Lipinski definition) is 0. The summed E-state index contributed by atoms with van der Waals surface area (Å²) in [4.78, 5) is 10.3. The maximum Gasteiger partial charge on any atom is 0.273 e. The zero-order valence-corrected chi connectivity index (χ0v) is 9.31. The van der Waals surface area contributed by atoms with E-state index in [-0.39, 0.29) is 10.6 Å². The number of benzene rings is 1. The Labute approximate surface area is 85.0 Å². The predicted molar refractivity (Wildman–Crippen MR) is 55.0 cm³/mol. The highest BCUT2D eigenvalue weighted by Gasteiger charge is 2.15. The van der Waals surface area contributed by atoms with Crippen molar-refractivity contribution in [2.75, 3.05) is 0 Å². The maximum absolute atomic E-state index is 10.6. The van der Waals surface area contributed by atoms with Gasteiger partial charge in [0.2, 0.25) is 0 Å². The van der Waals surface area contributed by atoms with Crippen LogP contribution in [0.4, 0.5) is 5.69 Å². The fraction of sp³-hybridized carbons (Fsp3) is 0.333. The van der Waals surface area contributed by atoms with Gasteiger partial charge in [-0.1, -0.05) is 15.9 Å². The van der Waals surface area contributed by atoms with E-state index in [0.29, 0.717) is 0 Å². The Kier molecular flexibility index (Phi) is 2.71. The number of nitro groups is 1. The first-order valence-electron chi connectivity index (χ1n) is 3.86. The second kappa shape index (κ2) is 3.46. The Hall–Kier alpha value is -0.900. The first kappa shape index (κ1) is 10.2. The molecule has 0 unspecified atom stereocenters. The molecule has 0 atom stereocenters. The third kappa shape index (κ3) is 1.72. The maximum atomic E-state index is 10.6. The number of hydrogen-bond acceptors (Lipinski definition) is 2. The van der Waals surface area contributed by atoms with Crippen LogP contribution in [0.15, 0.2) is 10.5 Å². The van der Waals surface area contributed by atoms with E-state index in [1.165, 1.54) is 0 Å². The van der Waals surface area contributed by atoms with Gasteiger partial charge in [0.1, 0.15) is 0 Å². The van der Waals surface area contributed by atoms with Gasteiger partial charge >= 0.3 is 0 Å². The van der Waals surface area contributed by atoms with Gasteiger partial charge in [-0.25, -0.2) is 0 Å². The van der Waals surface area contributed by atoms with Gasteiger partial charge in [0.05, 0.1) is 4.92 Å². The van der Waals surface area contributed by atoms with Crippen molar-refractivity contribution in [3.63, 3.8) is 0 Å². The molecular formula is C9H10BrNO2. The van der Waals surface area contributed by atoms with Crippen LogP contribution < -0.4 is 0 Å². The second-order valence-electron chi connectivity index (χ2n) is 3.01. The molecule has 0 fully saturated rings. The van der Waals surface area contributed by atoms with Crippen LogP contribution in [0.1, 0.15) is 16.7 Å². The van der Waals surface area contributed by atoms with Crippen molar-refractivity contribution in [1.29, 1.82) is 0 Å². The van der Waals surface area contributed by atoms with Gasteiger partial charge in [-0.3, -0.25) is 10.1 Å². The summed E-state index contributed by atoms with van der Waals surface area (Å²) < 4.78 is 0.794. The molecule has 0 aliphatic rings. The van der Waals surface area contributed by atoms with Crippen LogP contribution >= 0.6 is 15.9 Å². The molecule has 0 amide bonds. The van der Waals surface area contributed by atoms with Gasteiger partial charge in [-0.15, -0.1) is 0 Å². The van der Waals surface area contributed by atoms with Gasteiger partial charge in [0.15, 0.2) is 0 Å². The van der Waals surface area contributed by atoms with Crippen molar-refractivity contribution in [3.05, 3.63) is 37.3 Å². The third-order valence-electron chi connectivity index (χ3n) is 2.33. The molecule has 1 rings (SSSR count). The Bertz CT molecular complexity index is 374. The molecule has 0 saturated carbocycles. The van der Waals surface area contributed by atoms with E-state index in [0.717, 1.165) is 21.2 Å². The predicted octanol–water partition coefficient (Wildman–Crippen LogP) is 3.28. The van der Waals surface area contributed by atoms with Crippen molar-refractivity contribution in [2.45, 2.75) is 20.8 Å². The molecule has 1 aromatic carbocycles. The van der Waals surface area contributed by atoms with E-state index < -0.39 is 0 Å². The topological polar surface area (TPSA) is 43.1 Å². The first-order valence-corrected chi connectivity index (χ1v) is 4.65. The average Bonchev–Trinajstić information content (AvgIpc) is 2.07. The van der Waals surface area contributed by atoms with Crippen LogP contribution in [0.2, 0.25) is 0 Å². The molecular weight excluding hydrogens is 234 g/mol. The molecule has 0 aromatic heterocycles. The minimum absolute atomic E-state index is 0.176. The highest BCUT2D eigenvalue weighted by Crippen LogP contribution is 2.30. The van der Waals surface area contributed by atoms with E-state index in [2.05, 4.69) is 15.9 Å².